The predicted octanol–water partition coefficient (Wildman–Crippen LogP) is 2.18. The van der Waals surface area contributed by atoms with E-state index in [9.17, 15) is 9.90 Å². The van der Waals surface area contributed by atoms with Crippen LogP contribution in [0.15, 0.2) is 0 Å². The number of rotatable bonds is 7. The fraction of sp³-hybridized carbons (Fsp3) is 0.900. The van der Waals surface area contributed by atoms with Crippen LogP contribution in [0.2, 0.25) is 0 Å². The summed E-state index contributed by atoms with van der Waals surface area (Å²) in [5.74, 6) is -0.134. The number of carbonyl (C=O) groups excluding carboxylic acids is 1. The maximum absolute atomic E-state index is 11.2. The van der Waals surface area contributed by atoms with Gasteiger partial charge < -0.3 is 4.74 Å². The highest BCUT2D eigenvalue weighted by Gasteiger charge is 2.12. The smallest absolute Gasteiger partial charge is 0.308 e. The van der Waals surface area contributed by atoms with Crippen molar-refractivity contribution in [1.82, 2.24) is 0 Å². The summed E-state index contributed by atoms with van der Waals surface area (Å²) < 4.78 is 4.98. The second kappa shape index (κ2) is 8.05. The number of ether oxygens (including phenoxy) is 1. The van der Waals surface area contributed by atoms with Crippen molar-refractivity contribution in [3.05, 3.63) is 0 Å². The zero-order chi connectivity index (χ0) is 10.1. The van der Waals surface area contributed by atoms with Gasteiger partial charge in [0.1, 0.15) is 0 Å². The van der Waals surface area contributed by atoms with E-state index in [1.807, 2.05) is 13.8 Å². The Balaban J connectivity index is 3.38. The topological polar surface area (TPSA) is 46.2 Å². The van der Waals surface area contributed by atoms with E-state index in [1.54, 1.807) is 0 Å². The average Bonchev–Trinajstić information content (AvgIpc) is 2.12. The number of carbonyl (C=O) groups is 1. The van der Waals surface area contributed by atoms with Crippen LogP contribution >= 0.6 is 0 Å². The van der Waals surface area contributed by atoms with Crippen LogP contribution in [0.3, 0.4) is 0 Å². The van der Waals surface area contributed by atoms with Crippen LogP contribution in [0.4, 0.5) is 0 Å². The van der Waals surface area contributed by atoms with Crippen molar-refractivity contribution in [2.75, 3.05) is 13.2 Å². The van der Waals surface area contributed by atoms with E-state index >= 15 is 0 Å². The molecule has 0 N–H and O–H groups in total. The van der Waals surface area contributed by atoms with Crippen molar-refractivity contribution in [1.29, 1.82) is 0 Å². The van der Waals surface area contributed by atoms with E-state index < -0.39 is 0 Å². The summed E-state index contributed by atoms with van der Waals surface area (Å²) >= 11 is 0. The number of hydrogen-bond acceptors (Lipinski definition) is 2. The third-order valence-electron chi connectivity index (χ3n) is 1.91. The SMILES string of the molecule is CCCC(C)C(=O)OCCCC[O]. The summed E-state index contributed by atoms with van der Waals surface area (Å²) in [5, 5.41) is 10.1. The van der Waals surface area contributed by atoms with Gasteiger partial charge in [-0.25, -0.2) is 5.11 Å². The van der Waals surface area contributed by atoms with Crippen molar-refractivity contribution in [2.24, 2.45) is 5.92 Å². The van der Waals surface area contributed by atoms with E-state index in [0.717, 1.165) is 12.8 Å². The highest BCUT2D eigenvalue weighted by atomic mass is 16.5. The van der Waals surface area contributed by atoms with Gasteiger partial charge in [0.25, 0.3) is 0 Å². The Hall–Kier alpha value is -0.570. The van der Waals surface area contributed by atoms with Crippen LogP contribution < -0.4 is 0 Å². The molecule has 0 aliphatic heterocycles. The largest absolute Gasteiger partial charge is 0.465 e. The molecule has 3 heteroatoms. The van der Waals surface area contributed by atoms with E-state index in [1.165, 1.54) is 0 Å². The third kappa shape index (κ3) is 6.58. The highest BCUT2D eigenvalue weighted by Crippen LogP contribution is 2.07. The second-order valence-electron chi connectivity index (χ2n) is 3.27. The lowest BCUT2D eigenvalue weighted by Crippen LogP contribution is -2.15. The van der Waals surface area contributed by atoms with Gasteiger partial charge in [-0.15, -0.1) is 0 Å². The molecule has 0 spiro atoms. The van der Waals surface area contributed by atoms with Gasteiger partial charge in [-0.2, -0.15) is 0 Å². The van der Waals surface area contributed by atoms with E-state index in [0.29, 0.717) is 19.4 Å². The van der Waals surface area contributed by atoms with Crippen molar-refractivity contribution < 1.29 is 14.6 Å². The van der Waals surface area contributed by atoms with Gasteiger partial charge in [0.2, 0.25) is 0 Å². The Morgan fingerprint density at radius 2 is 2.08 bits per heavy atom. The molecule has 13 heavy (non-hydrogen) atoms. The lowest BCUT2D eigenvalue weighted by atomic mass is 10.1. The van der Waals surface area contributed by atoms with Crippen LogP contribution in [0.5, 0.6) is 0 Å². The zero-order valence-corrected chi connectivity index (χ0v) is 8.54. The van der Waals surface area contributed by atoms with E-state index in [2.05, 4.69) is 0 Å². The Morgan fingerprint density at radius 3 is 2.62 bits per heavy atom. The lowest BCUT2D eigenvalue weighted by Gasteiger charge is -2.09. The summed E-state index contributed by atoms with van der Waals surface area (Å²) in [5.41, 5.74) is 0. The molecule has 3 nitrogen and oxygen atoms in total. The normalized spacial score (nSPS) is 12.5. The van der Waals surface area contributed by atoms with Gasteiger partial charge in [-0.05, 0) is 19.3 Å². The summed E-state index contributed by atoms with van der Waals surface area (Å²) in [4.78, 5) is 11.2. The summed E-state index contributed by atoms with van der Waals surface area (Å²) in [6.07, 6.45) is 3.15. The summed E-state index contributed by atoms with van der Waals surface area (Å²) in [7, 11) is 0. The lowest BCUT2D eigenvalue weighted by molar-refractivity contribution is -0.148. The van der Waals surface area contributed by atoms with Crippen LogP contribution in [0, 0.1) is 5.92 Å². The second-order valence-corrected chi connectivity index (χ2v) is 3.27. The minimum atomic E-state index is -0.132. The molecule has 0 aromatic heterocycles. The highest BCUT2D eigenvalue weighted by molar-refractivity contribution is 5.71. The van der Waals surface area contributed by atoms with Gasteiger partial charge >= 0.3 is 5.97 Å². The molecule has 0 aliphatic carbocycles. The molecule has 0 aromatic rings. The molecular formula is C10H19O3. The van der Waals surface area contributed by atoms with Crippen molar-refractivity contribution >= 4 is 5.97 Å². The van der Waals surface area contributed by atoms with Gasteiger partial charge in [-0.1, -0.05) is 20.3 Å². The Labute approximate surface area is 80.1 Å². The Morgan fingerprint density at radius 1 is 1.38 bits per heavy atom. The van der Waals surface area contributed by atoms with Crippen molar-refractivity contribution in [3.8, 4) is 0 Å². The van der Waals surface area contributed by atoms with Crippen molar-refractivity contribution in [2.45, 2.75) is 39.5 Å². The zero-order valence-electron chi connectivity index (χ0n) is 8.54. The van der Waals surface area contributed by atoms with Crippen LogP contribution in [0.25, 0.3) is 0 Å². The molecule has 0 rings (SSSR count). The molecule has 0 heterocycles. The predicted molar refractivity (Wildman–Crippen MR) is 49.8 cm³/mol. The molecule has 0 aromatic carbocycles. The molecule has 0 aliphatic rings. The molecule has 0 saturated carbocycles. The molecule has 77 valence electrons. The first-order chi connectivity index (χ1) is 6.22. The molecule has 1 unspecified atom stereocenters. The standard InChI is InChI=1S/C10H19O3/c1-3-6-9(2)10(12)13-8-5-4-7-11/h9H,3-8H2,1-2H3. The minimum Gasteiger partial charge on any atom is -0.465 e. The Kier molecular flexibility index (Phi) is 7.69. The van der Waals surface area contributed by atoms with Crippen LogP contribution in [-0.2, 0) is 14.6 Å². The van der Waals surface area contributed by atoms with E-state index in [-0.39, 0.29) is 18.5 Å². The maximum atomic E-state index is 11.2. The number of unbranched alkanes of at least 4 members (excludes halogenated alkanes) is 1. The van der Waals surface area contributed by atoms with Gasteiger partial charge in [-0.3, -0.25) is 4.79 Å². The molecular weight excluding hydrogens is 168 g/mol. The molecule has 0 saturated heterocycles. The number of hydrogen-bond donors (Lipinski definition) is 0. The van der Waals surface area contributed by atoms with Gasteiger partial charge in [0.05, 0.1) is 19.1 Å². The van der Waals surface area contributed by atoms with Crippen LogP contribution in [-0.4, -0.2) is 19.2 Å². The maximum Gasteiger partial charge on any atom is 0.308 e. The summed E-state index contributed by atoms with van der Waals surface area (Å²) in [6.45, 7) is 4.23. The number of esters is 1. The molecule has 0 amide bonds. The first-order valence-corrected chi connectivity index (χ1v) is 4.97. The fourth-order valence-corrected chi connectivity index (χ4v) is 1.07. The van der Waals surface area contributed by atoms with Gasteiger partial charge in [0, 0.05) is 0 Å². The van der Waals surface area contributed by atoms with E-state index in [4.69, 9.17) is 4.74 Å². The Bertz CT molecular complexity index is 134. The average molecular weight is 187 g/mol. The molecule has 1 atom stereocenters. The minimum absolute atomic E-state index is 0.00254. The summed E-state index contributed by atoms with van der Waals surface area (Å²) in [6, 6.07) is 0. The molecule has 1 radical (unpaired) electrons. The molecule has 0 fully saturated rings. The fourth-order valence-electron chi connectivity index (χ4n) is 1.07. The molecule has 0 bridgehead atoms. The monoisotopic (exact) mass is 187 g/mol. The third-order valence-corrected chi connectivity index (χ3v) is 1.91. The first-order valence-electron chi connectivity index (χ1n) is 4.97. The van der Waals surface area contributed by atoms with Gasteiger partial charge in [0.15, 0.2) is 0 Å². The quantitative estimate of drug-likeness (QED) is 0.453. The van der Waals surface area contributed by atoms with Crippen LogP contribution in [0.1, 0.15) is 39.5 Å². The van der Waals surface area contributed by atoms with Crippen molar-refractivity contribution in [3.63, 3.8) is 0 Å². The first kappa shape index (κ1) is 12.4.